The van der Waals surface area contributed by atoms with Crippen LogP contribution in [-0.2, 0) is 9.53 Å². The molecule has 0 radical (unpaired) electrons. The molecule has 0 aromatic carbocycles. The molecule has 1 atom stereocenters. The SMILES string of the molecule is CCC(C)(O)C(=O)NCCCOC. The number of amides is 1. The van der Waals surface area contributed by atoms with Gasteiger partial charge in [0.2, 0.25) is 0 Å². The van der Waals surface area contributed by atoms with Crippen molar-refractivity contribution in [3.8, 4) is 0 Å². The molecule has 0 heterocycles. The highest BCUT2D eigenvalue weighted by Crippen LogP contribution is 2.07. The molecule has 0 fully saturated rings. The highest BCUT2D eigenvalue weighted by molar-refractivity contribution is 5.84. The van der Waals surface area contributed by atoms with Crippen LogP contribution >= 0.6 is 0 Å². The maximum Gasteiger partial charge on any atom is 0.251 e. The monoisotopic (exact) mass is 189 g/mol. The van der Waals surface area contributed by atoms with E-state index in [1.165, 1.54) is 6.92 Å². The molecule has 0 aromatic heterocycles. The largest absolute Gasteiger partial charge is 0.385 e. The van der Waals surface area contributed by atoms with Crippen molar-refractivity contribution in [1.82, 2.24) is 5.32 Å². The zero-order chi connectivity index (χ0) is 10.3. The van der Waals surface area contributed by atoms with Crippen LogP contribution in [0, 0.1) is 0 Å². The summed E-state index contributed by atoms with van der Waals surface area (Å²) >= 11 is 0. The first-order valence-electron chi connectivity index (χ1n) is 4.54. The van der Waals surface area contributed by atoms with Gasteiger partial charge in [0, 0.05) is 20.3 Å². The third kappa shape index (κ3) is 4.85. The van der Waals surface area contributed by atoms with Crippen LogP contribution in [0.4, 0.5) is 0 Å². The van der Waals surface area contributed by atoms with Gasteiger partial charge in [0.25, 0.3) is 5.91 Å². The third-order valence-electron chi connectivity index (χ3n) is 1.99. The predicted molar refractivity (Wildman–Crippen MR) is 50.4 cm³/mol. The van der Waals surface area contributed by atoms with Crippen molar-refractivity contribution in [3.63, 3.8) is 0 Å². The summed E-state index contributed by atoms with van der Waals surface area (Å²) in [5.74, 6) is -0.314. The number of nitrogens with one attached hydrogen (secondary N) is 1. The number of methoxy groups -OCH3 is 1. The van der Waals surface area contributed by atoms with Crippen molar-refractivity contribution in [3.05, 3.63) is 0 Å². The number of rotatable bonds is 6. The van der Waals surface area contributed by atoms with Crippen LogP contribution in [0.5, 0.6) is 0 Å². The van der Waals surface area contributed by atoms with Crippen LogP contribution < -0.4 is 5.32 Å². The van der Waals surface area contributed by atoms with Gasteiger partial charge in [-0.1, -0.05) is 6.92 Å². The lowest BCUT2D eigenvalue weighted by Crippen LogP contribution is -2.44. The minimum atomic E-state index is -1.24. The lowest BCUT2D eigenvalue weighted by molar-refractivity contribution is -0.138. The summed E-state index contributed by atoms with van der Waals surface area (Å²) in [5, 5.41) is 12.1. The van der Waals surface area contributed by atoms with E-state index in [4.69, 9.17) is 4.74 Å². The van der Waals surface area contributed by atoms with Crippen molar-refractivity contribution < 1.29 is 14.6 Å². The minimum Gasteiger partial charge on any atom is -0.385 e. The zero-order valence-electron chi connectivity index (χ0n) is 8.59. The number of hydrogen-bond acceptors (Lipinski definition) is 3. The summed E-state index contributed by atoms with van der Waals surface area (Å²) in [6.07, 6.45) is 1.19. The normalized spacial score (nSPS) is 15.1. The van der Waals surface area contributed by atoms with E-state index >= 15 is 0 Å². The molecule has 0 spiro atoms. The fraction of sp³-hybridized carbons (Fsp3) is 0.889. The van der Waals surface area contributed by atoms with Gasteiger partial charge in [-0.2, -0.15) is 0 Å². The summed E-state index contributed by atoms with van der Waals surface area (Å²) < 4.78 is 4.82. The Morgan fingerprint density at radius 2 is 2.23 bits per heavy atom. The molecule has 4 heteroatoms. The second-order valence-electron chi connectivity index (χ2n) is 3.23. The number of aliphatic hydroxyl groups is 1. The van der Waals surface area contributed by atoms with Crippen LogP contribution in [0.3, 0.4) is 0 Å². The molecule has 4 nitrogen and oxygen atoms in total. The van der Waals surface area contributed by atoms with E-state index in [9.17, 15) is 9.90 Å². The molecule has 0 aromatic rings. The van der Waals surface area contributed by atoms with E-state index in [-0.39, 0.29) is 5.91 Å². The van der Waals surface area contributed by atoms with E-state index in [0.717, 1.165) is 6.42 Å². The summed E-state index contributed by atoms with van der Waals surface area (Å²) in [6.45, 7) is 4.45. The Morgan fingerprint density at radius 1 is 1.62 bits per heavy atom. The van der Waals surface area contributed by atoms with Gasteiger partial charge in [0.15, 0.2) is 0 Å². The van der Waals surface area contributed by atoms with Crippen molar-refractivity contribution >= 4 is 5.91 Å². The molecule has 0 aliphatic carbocycles. The second kappa shape index (κ2) is 5.94. The zero-order valence-corrected chi connectivity index (χ0v) is 8.59. The van der Waals surface area contributed by atoms with Gasteiger partial charge in [-0.05, 0) is 19.8 Å². The van der Waals surface area contributed by atoms with Gasteiger partial charge in [-0.25, -0.2) is 0 Å². The fourth-order valence-electron chi connectivity index (χ4n) is 0.769. The van der Waals surface area contributed by atoms with Gasteiger partial charge in [0.1, 0.15) is 5.60 Å². The van der Waals surface area contributed by atoms with E-state index in [2.05, 4.69) is 5.32 Å². The number of hydrogen-bond donors (Lipinski definition) is 2. The number of ether oxygens (including phenoxy) is 1. The summed E-state index contributed by atoms with van der Waals surface area (Å²) in [6, 6.07) is 0. The molecule has 0 rings (SSSR count). The highest BCUT2D eigenvalue weighted by atomic mass is 16.5. The molecule has 2 N–H and O–H groups in total. The summed E-state index contributed by atoms with van der Waals surface area (Å²) in [4.78, 5) is 11.3. The van der Waals surface area contributed by atoms with Crippen molar-refractivity contribution in [2.45, 2.75) is 32.3 Å². The molecule has 13 heavy (non-hydrogen) atoms. The Morgan fingerprint density at radius 3 is 2.69 bits per heavy atom. The molecule has 0 bridgehead atoms. The third-order valence-corrected chi connectivity index (χ3v) is 1.99. The number of carbonyl (C=O) groups excluding carboxylic acids is 1. The van der Waals surface area contributed by atoms with Crippen LogP contribution in [0.15, 0.2) is 0 Å². The van der Waals surface area contributed by atoms with Crippen LogP contribution in [-0.4, -0.2) is 36.9 Å². The van der Waals surface area contributed by atoms with Crippen molar-refractivity contribution in [1.29, 1.82) is 0 Å². The molecule has 1 amide bonds. The van der Waals surface area contributed by atoms with Crippen LogP contribution in [0.1, 0.15) is 26.7 Å². The summed E-state index contributed by atoms with van der Waals surface area (Å²) in [7, 11) is 1.62. The molecular weight excluding hydrogens is 170 g/mol. The van der Waals surface area contributed by atoms with E-state index in [1.54, 1.807) is 14.0 Å². The lowest BCUT2D eigenvalue weighted by Gasteiger charge is -2.19. The van der Waals surface area contributed by atoms with E-state index < -0.39 is 5.60 Å². The van der Waals surface area contributed by atoms with Crippen molar-refractivity contribution in [2.75, 3.05) is 20.3 Å². The highest BCUT2D eigenvalue weighted by Gasteiger charge is 2.26. The van der Waals surface area contributed by atoms with Gasteiger partial charge >= 0.3 is 0 Å². The van der Waals surface area contributed by atoms with Gasteiger partial charge < -0.3 is 15.2 Å². The van der Waals surface area contributed by atoms with Gasteiger partial charge in [0.05, 0.1) is 0 Å². The maximum atomic E-state index is 11.3. The first-order chi connectivity index (χ1) is 6.04. The van der Waals surface area contributed by atoms with Crippen molar-refractivity contribution in [2.24, 2.45) is 0 Å². The molecule has 1 unspecified atom stereocenters. The Bertz CT molecular complexity index is 157. The first-order valence-corrected chi connectivity index (χ1v) is 4.54. The average molecular weight is 189 g/mol. The quantitative estimate of drug-likeness (QED) is 0.591. The Kier molecular flexibility index (Phi) is 5.66. The first kappa shape index (κ1) is 12.4. The smallest absolute Gasteiger partial charge is 0.251 e. The number of carbonyl (C=O) groups is 1. The fourth-order valence-corrected chi connectivity index (χ4v) is 0.769. The average Bonchev–Trinajstić information content (AvgIpc) is 2.12. The molecule has 0 aliphatic heterocycles. The summed E-state index contributed by atoms with van der Waals surface area (Å²) in [5.41, 5.74) is -1.24. The van der Waals surface area contributed by atoms with Crippen LogP contribution in [0.25, 0.3) is 0 Å². The molecule has 0 aliphatic rings. The van der Waals surface area contributed by atoms with Crippen LogP contribution in [0.2, 0.25) is 0 Å². The molecule has 0 saturated heterocycles. The van der Waals surface area contributed by atoms with Gasteiger partial charge in [-0.3, -0.25) is 4.79 Å². The Labute approximate surface area is 79.3 Å². The maximum absolute atomic E-state index is 11.3. The standard InChI is InChI=1S/C9H19NO3/c1-4-9(2,12)8(11)10-6-5-7-13-3/h12H,4-7H2,1-3H3,(H,10,11). The predicted octanol–water partition coefficient (Wildman–Crippen LogP) is 0.300. The van der Waals surface area contributed by atoms with E-state index in [0.29, 0.717) is 19.6 Å². The molecule has 0 saturated carbocycles. The lowest BCUT2D eigenvalue weighted by atomic mass is 10.0. The topological polar surface area (TPSA) is 58.6 Å². The molecular formula is C9H19NO3. The second-order valence-corrected chi connectivity index (χ2v) is 3.23. The Hall–Kier alpha value is -0.610. The van der Waals surface area contributed by atoms with Gasteiger partial charge in [-0.15, -0.1) is 0 Å². The minimum absolute atomic E-state index is 0.314. The Balaban J connectivity index is 3.62. The van der Waals surface area contributed by atoms with E-state index in [1.807, 2.05) is 0 Å². The molecule has 78 valence electrons.